The number of benzene rings is 2. The van der Waals surface area contributed by atoms with Crippen LogP contribution in [0.4, 0.5) is 0 Å². The summed E-state index contributed by atoms with van der Waals surface area (Å²) in [5, 5.41) is 3.29. The van der Waals surface area contributed by atoms with E-state index in [0.29, 0.717) is 0 Å². The van der Waals surface area contributed by atoms with Crippen LogP contribution < -0.4 is 10.2 Å². The Morgan fingerprint density at radius 3 is 1.88 bits per heavy atom. The lowest BCUT2D eigenvalue weighted by Crippen LogP contribution is -3.17. The quantitative estimate of drug-likeness (QED) is 0.870. The minimum absolute atomic E-state index is 0.000208. The van der Waals surface area contributed by atoms with E-state index < -0.39 is 0 Å². The molecule has 0 aromatic heterocycles. The summed E-state index contributed by atoms with van der Waals surface area (Å²) < 4.78 is 0. The number of rotatable bonds is 5. The molecule has 2 N–H and O–H groups in total. The van der Waals surface area contributed by atoms with Gasteiger partial charge in [0.05, 0.1) is 19.1 Å². The Balaban J connectivity index is 1.77. The molecule has 0 aliphatic carbocycles. The fraction of sp³-hybridized carbons (Fsp3) is 0.381. The molecular formula is C21H27N2O+. The molecule has 0 saturated carbocycles. The fourth-order valence-electron chi connectivity index (χ4n) is 3.54. The SMILES string of the molecule is C[C@@H](C(=O)NC(c1ccccc1)c1ccccc1)[NH+]1CCCCC1. The summed E-state index contributed by atoms with van der Waals surface area (Å²) in [5.74, 6) is 0.143. The van der Waals surface area contributed by atoms with Crippen LogP contribution in [0.5, 0.6) is 0 Å². The van der Waals surface area contributed by atoms with Crippen LogP contribution >= 0.6 is 0 Å². The van der Waals surface area contributed by atoms with Gasteiger partial charge in [-0.05, 0) is 37.3 Å². The molecule has 1 saturated heterocycles. The maximum atomic E-state index is 12.9. The maximum Gasteiger partial charge on any atom is 0.278 e. The zero-order valence-electron chi connectivity index (χ0n) is 14.4. The Bertz CT molecular complexity index is 596. The number of carbonyl (C=O) groups excluding carboxylic acids is 1. The first kappa shape index (κ1) is 16.7. The number of hydrogen-bond donors (Lipinski definition) is 2. The van der Waals surface area contributed by atoms with Crippen molar-refractivity contribution in [2.45, 2.75) is 38.3 Å². The summed E-state index contributed by atoms with van der Waals surface area (Å²) in [6, 6.07) is 20.3. The predicted molar refractivity (Wildman–Crippen MR) is 96.9 cm³/mol. The van der Waals surface area contributed by atoms with E-state index in [0.717, 1.165) is 24.2 Å². The van der Waals surface area contributed by atoms with E-state index in [4.69, 9.17) is 0 Å². The third-order valence-corrected chi connectivity index (χ3v) is 5.05. The normalized spacial score (nSPS) is 16.8. The molecule has 1 aliphatic rings. The number of amides is 1. The molecular weight excluding hydrogens is 296 g/mol. The third kappa shape index (κ3) is 4.04. The van der Waals surface area contributed by atoms with E-state index in [9.17, 15) is 4.79 Å². The van der Waals surface area contributed by atoms with E-state index in [-0.39, 0.29) is 18.0 Å². The Labute approximate surface area is 144 Å². The van der Waals surface area contributed by atoms with E-state index in [2.05, 4.69) is 36.5 Å². The van der Waals surface area contributed by atoms with Crippen LogP contribution in [0.2, 0.25) is 0 Å². The summed E-state index contributed by atoms with van der Waals surface area (Å²) >= 11 is 0. The van der Waals surface area contributed by atoms with Gasteiger partial charge in [-0.3, -0.25) is 4.79 Å². The number of nitrogens with one attached hydrogen (secondary N) is 2. The highest BCUT2D eigenvalue weighted by atomic mass is 16.2. The molecule has 1 fully saturated rings. The predicted octanol–water partition coefficient (Wildman–Crippen LogP) is 2.35. The highest BCUT2D eigenvalue weighted by Gasteiger charge is 2.28. The molecule has 126 valence electrons. The van der Waals surface area contributed by atoms with Crippen molar-refractivity contribution < 1.29 is 9.69 Å². The van der Waals surface area contributed by atoms with Crippen molar-refractivity contribution in [3.8, 4) is 0 Å². The van der Waals surface area contributed by atoms with Crippen molar-refractivity contribution in [1.29, 1.82) is 0 Å². The molecule has 0 spiro atoms. The first-order valence-corrected chi connectivity index (χ1v) is 9.00. The smallest absolute Gasteiger partial charge is 0.278 e. The number of likely N-dealkylation sites (tertiary alicyclic amines) is 1. The molecule has 1 aliphatic heterocycles. The molecule has 24 heavy (non-hydrogen) atoms. The zero-order valence-corrected chi connectivity index (χ0v) is 14.4. The lowest BCUT2D eigenvalue weighted by molar-refractivity contribution is -0.918. The Kier molecular flexibility index (Phi) is 5.65. The number of quaternary nitrogens is 1. The van der Waals surface area contributed by atoms with Gasteiger partial charge in [-0.25, -0.2) is 0 Å². The molecule has 2 aromatic carbocycles. The summed E-state index contributed by atoms with van der Waals surface area (Å²) in [6.45, 7) is 4.27. The van der Waals surface area contributed by atoms with Gasteiger partial charge in [0.1, 0.15) is 0 Å². The average molecular weight is 323 g/mol. The zero-order chi connectivity index (χ0) is 16.8. The van der Waals surface area contributed by atoms with Gasteiger partial charge in [-0.1, -0.05) is 60.7 Å². The molecule has 3 rings (SSSR count). The van der Waals surface area contributed by atoms with E-state index >= 15 is 0 Å². The molecule has 0 bridgehead atoms. The first-order chi connectivity index (χ1) is 11.8. The van der Waals surface area contributed by atoms with Crippen molar-refractivity contribution in [2.24, 2.45) is 0 Å². The van der Waals surface area contributed by atoms with Crippen LogP contribution in [0.3, 0.4) is 0 Å². The van der Waals surface area contributed by atoms with Gasteiger partial charge in [0.15, 0.2) is 6.04 Å². The molecule has 0 radical (unpaired) electrons. The lowest BCUT2D eigenvalue weighted by Gasteiger charge is -2.30. The van der Waals surface area contributed by atoms with Gasteiger partial charge < -0.3 is 10.2 Å². The van der Waals surface area contributed by atoms with Crippen molar-refractivity contribution >= 4 is 5.91 Å². The largest absolute Gasteiger partial charge is 0.340 e. The van der Waals surface area contributed by atoms with Gasteiger partial charge in [0.2, 0.25) is 0 Å². The van der Waals surface area contributed by atoms with Crippen LogP contribution in [0.15, 0.2) is 60.7 Å². The molecule has 3 heteroatoms. The first-order valence-electron chi connectivity index (χ1n) is 9.00. The number of hydrogen-bond acceptors (Lipinski definition) is 1. The highest BCUT2D eigenvalue weighted by Crippen LogP contribution is 2.21. The topological polar surface area (TPSA) is 33.5 Å². The van der Waals surface area contributed by atoms with Crippen LogP contribution in [-0.4, -0.2) is 25.0 Å². The summed E-state index contributed by atoms with van der Waals surface area (Å²) in [6.07, 6.45) is 3.76. The van der Waals surface area contributed by atoms with Crippen LogP contribution in [-0.2, 0) is 4.79 Å². The summed E-state index contributed by atoms with van der Waals surface area (Å²) in [4.78, 5) is 14.3. The maximum absolute atomic E-state index is 12.9. The molecule has 0 unspecified atom stereocenters. The third-order valence-electron chi connectivity index (χ3n) is 5.05. The van der Waals surface area contributed by atoms with Crippen molar-refractivity contribution in [1.82, 2.24) is 5.32 Å². The highest BCUT2D eigenvalue weighted by molar-refractivity contribution is 5.80. The van der Waals surface area contributed by atoms with Crippen molar-refractivity contribution in [3.05, 3.63) is 71.8 Å². The molecule has 1 heterocycles. The average Bonchev–Trinajstić information content (AvgIpc) is 2.67. The standard InChI is InChI=1S/C21H26N2O/c1-17(23-15-9-4-10-16-23)21(24)22-20(18-11-5-2-6-12-18)19-13-7-3-8-14-19/h2-3,5-8,11-14,17,20H,4,9-10,15-16H2,1H3,(H,22,24)/p+1/t17-/m0/s1. The van der Waals surface area contributed by atoms with Gasteiger partial charge in [0, 0.05) is 0 Å². The number of piperidine rings is 1. The van der Waals surface area contributed by atoms with Crippen molar-refractivity contribution in [2.75, 3.05) is 13.1 Å². The molecule has 3 nitrogen and oxygen atoms in total. The Hall–Kier alpha value is -2.13. The minimum atomic E-state index is -0.0912. The molecule has 1 amide bonds. The fourth-order valence-corrected chi connectivity index (χ4v) is 3.54. The number of carbonyl (C=O) groups is 1. The van der Waals surface area contributed by atoms with Crippen molar-refractivity contribution in [3.63, 3.8) is 0 Å². The second-order valence-electron chi connectivity index (χ2n) is 6.70. The molecule has 1 atom stereocenters. The second kappa shape index (κ2) is 8.11. The van der Waals surface area contributed by atoms with E-state index in [1.54, 1.807) is 0 Å². The van der Waals surface area contributed by atoms with Gasteiger partial charge in [-0.15, -0.1) is 0 Å². The van der Waals surface area contributed by atoms with Crippen LogP contribution in [0, 0.1) is 0 Å². The van der Waals surface area contributed by atoms with Gasteiger partial charge in [-0.2, -0.15) is 0 Å². The Morgan fingerprint density at radius 2 is 1.38 bits per heavy atom. The van der Waals surface area contributed by atoms with Crippen LogP contribution in [0.25, 0.3) is 0 Å². The minimum Gasteiger partial charge on any atom is -0.340 e. The van der Waals surface area contributed by atoms with E-state index in [1.165, 1.54) is 24.2 Å². The second-order valence-corrected chi connectivity index (χ2v) is 6.70. The monoisotopic (exact) mass is 323 g/mol. The van der Waals surface area contributed by atoms with Crippen LogP contribution in [0.1, 0.15) is 43.4 Å². The summed E-state index contributed by atoms with van der Waals surface area (Å²) in [7, 11) is 0. The Morgan fingerprint density at radius 1 is 0.875 bits per heavy atom. The lowest BCUT2D eigenvalue weighted by atomic mass is 9.98. The van der Waals surface area contributed by atoms with Gasteiger partial charge >= 0.3 is 0 Å². The summed E-state index contributed by atoms with van der Waals surface area (Å²) in [5.41, 5.74) is 2.25. The molecule has 2 aromatic rings. The van der Waals surface area contributed by atoms with Gasteiger partial charge in [0.25, 0.3) is 5.91 Å². The van der Waals surface area contributed by atoms with E-state index in [1.807, 2.05) is 36.4 Å².